The van der Waals surface area contributed by atoms with Gasteiger partial charge in [0.15, 0.2) is 0 Å². The largest absolute Gasteiger partial charge is 0.335 e. The second-order valence-electron chi connectivity index (χ2n) is 6.06. The third-order valence-corrected chi connectivity index (χ3v) is 6.19. The molecule has 3 heterocycles. The number of nitrogens with one attached hydrogen (secondary N) is 2. The Labute approximate surface area is 146 Å². The number of benzene rings is 1. The fourth-order valence-electron chi connectivity index (χ4n) is 3.34. The quantitative estimate of drug-likeness (QED) is 0.763. The highest BCUT2D eigenvalue weighted by molar-refractivity contribution is 7.21. The van der Waals surface area contributed by atoms with Crippen LogP contribution in [0.2, 0.25) is 5.02 Å². The molecule has 1 atom stereocenters. The van der Waals surface area contributed by atoms with Gasteiger partial charge in [0.05, 0.1) is 11.6 Å². The van der Waals surface area contributed by atoms with Crippen molar-refractivity contribution >= 4 is 50.9 Å². The topological polar surface area (TPSA) is 78.5 Å². The average molecular weight is 364 g/mol. The highest BCUT2D eigenvalue weighted by atomic mass is 35.5. The predicted molar refractivity (Wildman–Crippen MR) is 91.4 cm³/mol. The number of carbonyl (C=O) groups is 3. The minimum absolute atomic E-state index is 0.161. The van der Waals surface area contributed by atoms with Gasteiger partial charge in [-0.15, -0.1) is 11.3 Å². The lowest BCUT2D eigenvalue weighted by molar-refractivity contribution is -0.125. The van der Waals surface area contributed by atoms with Crippen molar-refractivity contribution in [1.82, 2.24) is 15.5 Å². The molecule has 0 unspecified atom stereocenters. The van der Waals surface area contributed by atoms with E-state index in [0.29, 0.717) is 29.3 Å². The van der Waals surface area contributed by atoms with Crippen LogP contribution in [-0.4, -0.2) is 41.4 Å². The van der Waals surface area contributed by atoms with Crippen LogP contribution in [0.3, 0.4) is 0 Å². The van der Waals surface area contributed by atoms with E-state index in [0.717, 1.165) is 10.1 Å². The Bertz CT molecular complexity index is 881. The fourth-order valence-corrected chi connectivity index (χ4v) is 4.82. The SMILES string of the molecule is O=C1NC(=O)[C@]2(CCCN(C(=O)c3sc4ccccc4c3Cl)C2)N1. The smallest absolute Gasteiger partial charge is 0.322 e. The van der Waals surface area contributed by atoms with Crippen LogP contribution >= 0.6 is 22.9 Å². The maximum absolute atomic E-state index is 12.9. The zero-order chi connectivity index (χ0) is 16.9. The summed E-state index contributed by atoms with van der Waals surface area (Å²) in [7, 11) is 0. The first-order valence-corrected chi connectivity index (χ1v) is 8.79. The molecule has 2 fully saturated rings. The molecular formula is C16H14ClN3O3S. The standard InChI is InChI=1S/C16H14ClN3O3S/c17-11-9-4-1-2-5-10(9)24-12(11)13(21)20-7-3-6-16(8-20)14(22)18-15(23)19-16/h1-2,4-5H,3,6-8H2,(H2,18,19,22,23)/t16-/m1/s1. The van der Waals surface area contributed by atoms with Gasteiger partial charge >= 0.3 is 6.03 Å². The summed E-state index contributed by atoms with van der Waals surface area (Å²) in [5.41, 5.74) is -1.02. The van der Waals surface area contributed by atoms with Gasteiger partial charge in [-0.25, -0.2) is 4.79 Å². The second kappa shape index (κ2) is 5.46. The number of nitrogens with zero attached hydrogens (tertiary/aromatic N) is 1. The second-order valence-corrected chi connectivity index (χ2v) is 7.49. The number of likely N-dealkylation sites (tertiary alicyclic amines) is 1. The number of imide groups is 1. The van der Waals surface area contributed by atoms with Crippen molar-refractivity contribution in [3.05, 3.63) is 34.2 Å². The Morgan fingerprint density at radius 3 is 2.79 bits per heavy atom. The number of amides is 4. The van der Waals surface area contributed by atoms with E-state index in [1.165, 1.54) is 11.3 Å². The van der Waals surface area contributed by atoms with E-state index in [1.54, 1.807) is 4.90 Å². The Morgan fingerprint density at radius 2 is 2.08 bits per heavy atom. The molecule has 0 saturated carbocycles. The van der Waals surface area contributed by atoms with Crippen LogP contribution in [0.5, 0.6) is 0 Å². The zero-order valence-electron chi connectivity index (χ0n) is 12.6. The van der Waals surface area contributed by atoms with E-state index < -0.39 is 11.6 Å². The number of carbonyl (C=O) groups excluding carboxylic acids is 3. The van der Waals surface area contributed by atoms with Gasteiger partial charge in [-0.1, -0.05) is 29.8 Å². The summed E-state index contributed by atoms with van der Waals surface area (Å²) in [6.45, 7) is 0.697. The number of piperidine rings is 1. The molecule has 0 aliphatic carbocycles. The molecule has 2 N–H and O–H groups in total. The molecule has 1 aromatic carbocycles. The van der Waals surface area contributed by atoms with Crippen molar-refractivity contribution in [3.63, 3.8) is 0 Å². The van der Waals surface area contributed by atoms with Crippen molar-refractivity contribution in [1.29, 1.82) is 0 Å². The summed E-state index contributed by atoms with van der Waals surface area (Å²) in [5.74, 6) is -0.568. The van der Waals surface area contributed by atoms with Gasteiger partial charge in [0, 0.05) is 16.6 Å². The Hall–Kier alpha value is -2.12. The Morgan fingerprint density at radius 1 is 1.29 bits per heavy atom. The molecule has 24 heavy (non-hydrogen) atoms. The molecule has 4 amide bonds. The van der Waals surface area contributed by atoms with Crippen molar-refractivity contribution in [2.24, 2.45) is 0 Å². The molecule has 1 spiro atoms. The summed E-state index contributed by atoms with van der Waals surface area (Å²) in [4.78, 5) is 38.6. The number of hydrogen-bond donors (Lipinski definition) is 2. The molecule has 4 rings (SSSR count). The van der Waals surface area contributed by atoms with E-state index in [1.807, 2.05) is 24.3 Å². The third kappa shape index (κ3) is 2.27. The first-order chi connectivity index (χ1) is 11.5. The van der Waals surface area contributed by atoms with Crippen molar-refractivity contribution < 1.29 is 14.4 Å². The zero-order valence-corrected chi connectivity index (χ0v) is 14.2. The number of rotatable bonds is 1. The monoisotopic (exact) mass is 363 g/mol. The summed E-state index contributed by atoms with van der Waals surface area (Å²) in [6, 6.07) is 7.08. The summed E-state index contributed by atoms with van der Waals surface area (Å²) in [5, 5.41) is 6.23. The van der Waals surface area contributed by atoms with Gasteiger partial charge in [-0.3, -0.25) is 14.9 Å². The molecule has 6 nitrogen and oxygen atoms in total. The fraction of sp³-hybridized carbons (Fsp3) is 0.312. The normalized spacial score (nSPS) is 23.6. The van der Waals surface area contributed by atoms with Gasteiger partial charge in [0.2, 0.25) is 0 Å². The molecule has 2 aromatic rings. The molecule has 8 heteroatoms. The number of halogens is 1. The summed E-state index contributed by atoms with van der Waals surface area (Å²) < 4.78 is 0.949. The molecule has 124 valence electrons. The van der Waals surface area contributed by atoms with Crippen LogP contribution in [-0.2, 0) is 4.79 Å². The van der Waals surface area contributed by atoms with E-state index >= 15 is 0 Å². The van der Waals surface area contributed by atoms with Crippen LogP contribution < -0.4 is 10.6 Å². The molecule has 2 saturated heterocycles. The van der Waals surface area contributed by atoms with Crippen LogP contribution in [0.25, 0.3) is 10.1 Å². The van der Waals surface area contributed by atoms with E-state index in [4.69, 9.17) is 11.6 Å². The minimum Gasteiger partial charge on any atom is -0.335 e. The number of fused-ring (bicyclic) bond motifs is 1. The lowest BCUT2D eigenvalue weighted by atomic mass is 9.89. The van der Waals surface area contributed by atoms with Crippen LogP contribution in [0.4, 0.5) is 4.79 Å². The molecule has 2 aliphatic heterocycles. The molecule has 1 aromatic heterocycles. The molecule has 2 aliphatic rings. The highest BCUT2D eigenvalue weighted by Gasteiger charge is 2.49. The summed E-state index contributed by atoms with van der Waals surface area (Å²) >= 11 is 7.74. The lowest BCUT2D eigenvalue weighted by Crippen LogP contribution is -2.59. The van der Waals surface area contributed by atoms with E-state index in [2.05, 4.69) is 10.6 Å². The van der Waals surface area contributed by atoms with Gasteiger partial charge < -0.3 is 10.2 Å². The van der Waals surface area contributed by atoms with Gasteiger partial charge in [0.25, 0.3) is 11.8 Å². The maximum Gasteiger partial charge on any atom is 0.322 e. The third-order valence-electron chi connectivity index (χ3n) is 4.52. The van der Waals surface area contributed by atoms with E-state index in [-0.39, 0.29) is 18.4 Å². The summed E-state index contributed by atoms with van der Waals surface area (Å²) in [6.07, 6.45) is 1.16. The Kier molecular flexibility index (Phi) is 3.51. The first-order valence-electron chi connectivity index (χ1n) is 7.60. The minimum atomic E-state index is -1.02. The van der Waals surface area contributed by atoms with Crippen LogP contribution in [0, 0.1) is 0 Å². The van der Waals surface area contributed by atoms with Crippen molar-refractivity contribution in [2.75, 3.05) is 13.1 Å². The lowest BCUT2D eigenvalue weighted by Gasteiger charge is -2.37. The van der Waals surface area contributed by atoms with Crippen LogP contribution in [0.1, 0.15) is 22.5 Å². The van der Waals surface area contributed by atoms with Gasteiger partial charge in [-0.2, -0.15) is 0 Å². The molecule has 0 radical (unpaired) electrons. The van der Waals surface area contributed by atoms with Crippen molar-refractivity contribution in [3.8, 4) is 0 Å². The molecule has 0 bridgehead atoms. The highest BCUT2D eigenvalue weighted by Crippen LogP contribution is 2.37. The van der Waals surface area contributed by atoms with Gasteiger partial charge in [0.1, 0.15) is 10.4 Å². The number of thiophene rings is 1. The number of hydrogen-bond acceptors (Lipinski definition) is 4. The maximum atomic E-state index is 12.9. The van der Waals surface area contributed by atoms with E-state index in [9.17, 15) is 14.4 Å². The molecular weight excluding hydrogens is 350 g/mol. The van der Waals surface area contributed by atoms with Crippen molar-refractivity contribution in [2.45, 2.75) is 18.4 Å². The predicted octanol–water partition coefficient (Wildman–Crippen LogP) is 2.37. The van der Waals surface area contributed by atoms with Crippen LogP contribution in [0.15, 0.2) is 24.3 Å². The van der Waals surface area contributed by atoms with Gasteiger partial charge in [-0.05, 0) is 18.9 Å². The first kappa shape index (κ1) is 15.4. The average Bonchev–Trinajstić information content (AvgIpc) is 3.04. The Balaban J connectivity index is 1.65. The number of urea groups is 1.